The van der Waals surface area contributed by atoms with E-state index in [2.05, 4.69) is 528 Å². The predicted molar refractivity (Wildman–Crippen MR) is 610 cm³/mol. The number of fused-ring (bicyclic) bond motifs is 10. The molecule has 141 heavy (non-hydrogen) atoms. The van der Waals surface area contributed by atoms with E-state index in [1.807, 2.05) is 0 Å². The van der Waals surface area contributed by atoms with Gasteiger partial charge in [-0.2, -0.15) is 0 Å². The highest BCUT2D eigenvalue weighted by atomic mass is 15.2. The summed E-state index contributed by atoms with van der Waals surface area (Å²) in [5, 5.41) is 4.58. The average Bonchev–Trinajstić information content (AvgIpc) is 0.980. The Bertz CT molecular complexity index is 7600. The molecule has 0 saturated carbocycles. The normalized spacial score (nSPS) is 13.8. The maximum absolute atomic E-state index is 11.0. The first-order valence-electron chi connectivity index (χ1n) is 52.9. The molecule has 0 N–H and O–H groups in total. The fourth-order valence-corrected chi connectivity index (χ4v) is 22.4. The fraction of sp³-hybridized carbons (Fsp3) is 0.250. The molecular weight excluding hydrogens is 1700 g/mol. The third-order valence-corrected chi connectivity index (χ3v) is 28.0. The third kappa shape index (κ3) is 18.9. The minimum Gasteiger partial charge on any atom is -0.311 e. The summed E-state index contributed by atoms with van der Waals surface area (Å²) in [5.74, 6) is 0. The van der Waals surface area contributed by atoms with Gasteiger partial charge in [0.2, 0.25) is 0 Å². The van der Waals surface area contributed by atoms with Crippen LogP contribution in [0.2, 0.25) is 0 Å². The van der Waals surface area contributed by atoms with Crippen LogP contribution >= 0.6 is 0 Å². The molecule has 0 amide bonds. The summed E-state index contributed by atoms with van der Waals surface area (Å²) in [7, 11) is 0. The lowest BCUT2D eigenvalue weighted by Gasteiger charge is -2.46. The summed E-state index contributed by atoms with van der Waals surface area (Å²) in [6, 6.07) is 137. The van der Waals surface area contributed by atoms with Crippen molar-refractivity contribution in [3.05, 3.63) is 403 Å². The summed E-state index contributed by atoms with van der Waals surface area (Å²) in [6.45, 7) is 46.8. The molecule has 0 atom stereocenters. The molecule has 17 aromatic carbocycles. The van der Waals surface area contributed by atoms with Gasteiger partial charge in [0.25, 0.3) is 6.71 Å². The standard InChI is InChI=1S/C136H135BN4/c1-130(2,3)82-88-38-34-50-100(66-88)109-80-123(111(74-104(109)86-134(13,14)15)102-52-36-40-90(68-102)84-132(7,8)9)140-125-78-107(138-119-62-54-96(92-42-26-22-27-43-92)70-113(119)114-71-97(55-63-120(114)138)93-44-28-23-29-45-93)58-60-117(125)137-118-61-59-108(139-121-64-56-98(94-46-30-24-31-47-94)72-115(121)116-73-99(57-65-122(116)139)95-48-32-25-33-49-95)79-126(118)141(128-77-106(136(19,20)21)76-127(140)129(128)137)124-81-110(101-51-35-39-89(67-101)83-131(4,5)6)105(87-135(16,17)18)75-112(124)103-53-37-41-91(69-103)85-133(10,11)12/h22-81H,82-87H2,1-21H3/i86D2,87D2. The number of anilines is 6. The van der Waals surface area contributed by atoms with Crippen LogP contribution < -0.4 is 26.2 Å². The van der Waals surface area contributed by atoms with E-state index in [9.17, 15) is 5.48 Å². The molecule has 0 saturated heterocycles. The molecule has 0 aliphatic carbocycles. The van der Waals surface area contributed by atoms with Gasteiger partial charge in [0, 0.05) is 72.3 Å². The molecule has 4 nitrogen and oxygen atoms in total. The fourth-order valence-electron chi connectivity index (χ4n) is 22.4. The van der Waals surface area contributed by atoms with Gasteiger partial charge in [0.15, 0.2) is 0 Å². The average molecular weight is 1840 g/mol. The van der Waals surface area contributed by atoms with Gasteiger partial charge < -0.3 is 18.9 Å². The lowest BCUT2D eigenvalue weighted by atomic mass is 9.33. The van der Waals surface area contributed by atoms with Gasteiger partial charge in [-0.05, 0) is 319 Å². The number of nitrogens with zero attached hydrogens (tertiary/aromatic N) is 4. The van der Waals surface area contributed by atoms with Crippen LogP contribution in [0.15, 0.2) is 364 Å². The number of benzene rings is 17. The molecule has 21 rings (SSSR count). The van der Waals surface area contributed by atoms with Gasteiger partial charge in [-0.15, -0.1) is 0 Å². The van der Waals surface area contributed by atoms with Gasteiger partial charge in [-0.3, -0.25) is 0 Å². The van der Waals surface area contributed by atoms with E-state index in [1.54, 1.807) is 0 Å². The third-order valence-electron chi connectivity index (χ3n) is 28.0. The monoisotopic (exact) mass is 1840 g/mol. The van der Waals surface area contributed by atoms with Crippen molar-refractivity contribution in [1.29, 1.82) is 0 Å². The minimum absolute atomic E-state index is 0.0557. The molecule has 0 fully saturated rings. The second kappa shape index (κ2) is 35.7. The SMILES string of the molecule is [2H]C([2H])(c1cc(-c2cccc(CC(C)(C)C)c2)c(N2c3cc(-n4c5ccc(-c6ccccc6)cc5c5cc(-c6ccccc6)ccc54)ccc3B3c4ccc(-n5c6ccc(-c7ccccc7)cc6c6cc(-c7ccccc7)ccc65)cc4N(c4cc(-c5cccc(CC(C)(C)C)c5)c(C([2H])([2H])C(C)(C)C)cc4-c4cccc(CC(C)(C)C)c4)c4cc(C(C)(C)C)cc2c43)cc1-c1cccc(CC(C)(C)C)c1)C(C)(C)C. The molecule has 0 bridgehead atoms. The molecule has 0 unspecified atom stereocenters. The number of hydrogen-bond donors (Lipinski definition) is 0. The Labute approximate surface area is 844 Å². The zero-order valence-corrected chi connectivity index (χ0v) is 86.3. The van der Waals surface area contributed by atoms with E-state index in [0.717, 1.165) is 226 Å². The highest BCUT2D eigenvalue weighted by Crippen LogP contribution is 2.55. The quantitative estimate of drug-likeness (QED) is 0.0796. The van der Waals surface area contributed by atoms with Crippen molar-refractivity contribution in [2.45, 2.75) is 189 Å². The van der Waals surface area contributed by atoms with Crippen LogP contribution in [0.4, 0.5) is 34.1 Å². The highest BCUT2D eigenvalue weighted by Gasteiger charge is 2.47. The summed E-state index contributed by atoms with van der Waals surface area (Å²) in [6.07, 6.45) is -0.522. The van der Waals surface area contributed by atoms with Crippen LogP contribution in [0, 0.1) is 32.5 Å². The molecule has 2 aromatic heterocycles. The largest absolute Gasteiger partial charge is 0.311 e. The van der Waals surface area contributed by atoms with Crippen LogP contribution in [0.5, 0.6) is 0 Å². The van der Waals surface area contributed by atoms with Crippen LogP contribution in [0.25, 0.3) is 144 Å². The van der Waals surface area contributed by atoms with E-state index in [-0.39, 0.29) is 21.7 Å². The van der Waals surface area contributed by atoms with E-state index in [4.69, 9.17) is 0 Å². The summed E-state index contributed by atoms with van der Waals surface area (Å²) in [5.41, 5.74) is 36.5. The van der Waals surface area contributed by atoms with Gasteiger partial charge in [-0.25, -0.2) is 0 Å². The molecule has 2 aliphatic rings. The van der Waals surface area contributed by atoms with Crippen molar-refractivity contribution < 1.29 is 5.48 Å². The Kier molecular flexibility index (Phi) is 22.4. The van der Waals surface area contributed by atoms with Gasteiger partial charge >= 0.3 is 0 Å². The number of rotatable bonds is 18. The molecule has 0 radical (unpaired) electrons. The van der Waals surface area contributed by atoms with Crippen LogP contribution in [0.3, 0.4) is 0 Å². The van der Waals surface area contributed by atoms with Crippen molar-refractivity contribution in [1.82, 2.24) is 9.13 Å². The maximum Gasteiger partial charge on any atom is 0.252 e. The van der Waals surface area contributed by atoms with Gasteiger partial charge in [-0.1, -0.05) is 400 Å². The second-order valence-electron chi connectivity index (χ2n) is 48.2. The molecule has 5 heteroatoms. The zero-order valence-electron chi connectivity index (χ0n) is 90.3. The van der Waals surface area contributed by atoms with E-state index in [0.29, 0.717) is 11.1 Å². The van der Waals surface area contributed by atoms with Gasteiger partial charge in [0.1, 0.15) is 0 Å². The predicted octanol–water partition coefficient (Wildman–Crippen LogP) is 36.1. The first-order chi connectivity index (χ1) is 68.7. The molecular formula is C136H135BN4. The van der Waals surface area contributed by atoms with Crippen molar-refractivity contribution in [3.8, 4) is 100 Å². The molecule has 4 heterocycles. The Morgan fingerprint density at radius 1 is 0.220 bits per heavy atom. The Morgan fingerprint density at radius 2 is 0.496 bits per heavy atom. The number of hydrogen-bond acceptors (Lipinski definition) is 2. The lowest BCUT2D eigenvalue weighted by Crippen LogP contribution is -2.61. The summed E-state index contributed by atoms with van der Waals surface area (Å²) < 4.78 is 48.9. The van der Waals surface area contributed by atoms with Gasteiger partial charge in [0.05, 0.1) is 33.4 Å². The molecule has 0 spiro atoms. The first kappa shape index (κ1) is 88.4. The molecule has 2 aliphatic heterocycles. The smallest absolute Gasteiger partial charge is 0.252 e. The zero-order chi connectivity index (χ0) is 102. The minimum atomic E-state index is -1.89. The van der Waals surface area contributed by atoms with Crippen molar-refractivity contribution in [2.24, 2.45) is 32.5 Å². The Hall–Kier alpha value is -14.0. The Morgan fingerprint density at radius 3 is 0.766 bits per heavy atom. The number of aromatic nitrogens is 2. The van der Waals surface area contributed by atoms with Crippen LogP contribution in [0.1, 0.15) is 190 Å². The van der Waals surface area contributed by atoms with Crippen LogP contribution in [-0.4, -0.2) is 15.8 Å². The Balaban J connectivity index is 0.949. The van der Waals surface area contributed by atoms with Crippen molar-refractivity contribution in [2.75, 3.05) is 9.80 Å². The van der Waals surface area contributed by atoms with E-state index < -0.39 is 35.7 Å². The topological polar surface area (TPSA) is 16.3 Å². The van der Waals surface area contributed by atoms with Crippen molar-refractivity contribution >= 4 is 101 Å². The van der Waals surface area contributed by atoms with Crippen molar-refractivity contribution in [3.63, 3.8) is 0 Å². The highest BCUT2D eigenvalue weighted by molar-refractivity contribution is 7.00. The first-order valence-corrected chi connectivity index (χ1v) is 50.9. The maximum atomic E-state index is 11.0. The lowest BCUT2D eigenvalue weighted by molar-refractivity contribution is 0.410. The van der Waals surface area contributed by atoms with E-state index >= 15 is 0 Å². The molecule has 19 aromatic rings. The molecule has 702 valence electrons. The summed E-state index contributed by atoms with van der Waals surface area (Å²) in [4.78, 5) is 5.30. The second-order valence-corrected chi connectivity index (χ2v) is 48.2. The van der Waals surface area contributed by atoms with E-state index in [1.165, 1.54) is 22.3 Å². The van der Waals surface area contributed by atoms with Crippen LogP contribution in [-0.2, 0) is 43.8 Å². The summed E-state index contributed by atoms with van der Waals surface area (Å²) >= 11 is 0.